The fraction of sp³-hybridized carbons (Fsp3) is 0.467. The summed E-state index contributed by atoms with van der Waals surface area (Å²) in [5, 5.41) is 20.0. The number of esters is 1. The van der Waals surface area contributed by atoms with E-state index in [0.717, 1.165) is 6.08 Å². The zero-order valence-electron chi connectivity index (χ0n) is 14.5. The summed E-state index contributed by atoms with van der Waals surface area (Å²) < 4.78 is 5.20. The van der Waals surface area contributed by atoms with Crippen molar-refractivity contribution in [1.82, 2.24) is 15.4 Å². The molecule has 1 unspecified atom stereocenters. The summed E-state index contributed by atoms with van der Waals surface area (Å²) in [6.45, 7) is 4.75. The van der Waals surface area contributed by atoms with Gasteiger partial charge in [0.2, 0.25) is 11.8 Å². The van der Waals surface area contributed by atoms with E-state index in [1.807, 2.05) is 0 Å². The van der Waals surface area contributed by atoms with E-state index in [2.05, 4.69) is 5.43 Å². The Hall–Kier alpha value is -2.76. The first-order valence-electron chi connectivity index (χ1n) is 7.70. The van der Waals surface area contributed by atoms with Gasteiger partial charge in [0.05, 0.1) is 11.3 Å². The number of ether oxygens (including phenoxy) is 1. The van der Waals surface area contributed by atoms with Crippen LogP contribution < -0.4 is 11.3 Å². The topological polar surface area (TPSA) is 162 Å². The van der Waals surface area contributed by atoms with Crippen molar-refractivity contribution >= 4 is 23.8 Å². The summed E-state index contributed by atoms with van der Waals surface area (Å²) in [4.78, 5) is 48.8. The first-order valence-corrected chi connectivity index (χ1v) is 7.70. The predicted octanol–water partition coefficient (Wildman–Crippen LogP) is -0.806. The van der Waals surface area contributed by atoms with E-state index in [1.165, 1.54) is 0 Å². The molecule has 0 aromatic rings. The highest BCUT2D eigenvalue weighted by Gasteiger charge is 2.43. The smallest absolute Gasteiger partial charge is 0.359 e. The number of hydrazine groups is 1. The van der Waals surface area contributed by atoms with Gasteiger partial charge in [0, 0.05) is 12.8 Å². The van der Waals surface area contributed by atoms with Gasteiger partial charge in [-0.15, -0.1) is 0 Å². The second kappa shape index (κ2) is 6.86. The molecule has 2 aliphatic rings. The fourth-order valence-electron chi connectivity index (χ4n) is 2.55. The van der Waals surface area contributed by atoms with Gasteiger partial charge >= 0.3 is 11.9 Å². The van der Waals surface area contributed by atoms with Crippen molar-refractivity contribution in [2.24, 2.45) is 5.84 Å². The number of nitrogens with one attached hydrogen (secondary N) is 1. The second-order valence-electron chi connectivity index (χ2n) is 6.68. The number of amides is 2. The van der Waals surface area contributed by atoms with Gasteiger partial charge in [0.25, 0.3) is 0 Å². The van der Waals surface area contributed by atoms with Crippen LogP contribution in [0.2, 0.25) is 0 Å². The first-order chi connectivity index (χ1) is 12.0. The first kappa shape index (κ1) is 19.6. The van der Waals surface area contributed by atoms with Crippen LogP contribution in [0.3, 0.4) is 0 Å². The third-order valence-corrected chi connectivity index (χ3v) is 3.59. The quantitative estimate of drug-likeness (QED) is 0.214. The third kappa shape index (κ3) is 3.59. The maximum Gasteiger partial charge on any atom is 0.359 e. The summed E-state index contributed by atoms with van der Waals surface area (Å²) in [5.74, 6) is 1.52. The number of imide groups is 1. The molecule has 0 bridgehead atoms. The number of hydroxylamine groups is 2. The van der Waals surface area contributed by atoms with Gasteiger partial charge < -0.3 is 9.84 Å². The molecular weight excluding hydrogens is 348 g/mol. The van der Waals surface area contributed by atoms with Crippen LogP contribution in [-0.4, -0.2) is 55.8 Å². The molecule has 0 aromatic heterocycles. The highest BCUT2D eigenvalue weighted by molar-refractivity contribution is 6.06. The van der Waals surface area contributed by atoms with E-state index in [0.29, 0.717) is 4.90 Å². The van der Waals surface area contributed by atoms with Crippen molar-refractivity contribution in [1.29, 1.82) is 0 Å². The number of rotatable bonds is 4. The van der Waals surface area contributed by atoms with Gasteiger partial charge in [-0.25, -0.2) is 25.0 Å². The SMILES string of the molecule is CC(C)(C)OC(=O)C1=C(N2C(=O)CCC2=O)C=C(C(=O)O)C(NN)N1O. The van der Waals surface area contributed by atoms with Gasteiger partial charge in [-0.05, 0) is 26.8 Å². The van der Waals surface area contributed by atoms with E-state index in [-0.39, 0.29) is 23.6 Å². The Labute approximate surface area is 148 Å². The largest absolute Gasteiger partial charge is 0.478 e. The standard InChI is InChI=1S/C15H20N4O7/c1-15(2,3)26-14(24)11-8(18-9(20)4-5-10(18)21)6-7(13(22)23)12(17-16)19(11)25/h6,12,17,25H,4-5,16H2,1-3H3,(H,22,23). The Balaban J connectivity index is 2.67. The molecule has 2 amide bonds. The molecule has 2 rings (SSSR count). The van der Waals surface area contributed by atoms with Crippen molar-refractivity contribution in [2.45, 2.75) is 45.4 Å². The zero-order valence-corrected chi connectivity index (χ0v) is 14.5. The van der Waals surface area contributed by atoms with Crippen LogP contribution in [0.4, 0.5) is 0 Å². The summed E-state index contributed by atoms with van der Waals surface area (Å²) in [6.07, 6.45) is -0.736. The minimum absolute atomic E-state index is 0.0931. The second-order valence-corrected chi connectivity index (χ2v) is 6.68. The summed E-state index contributed by atoms with van der Waals surface area (Å²) in [5.41, 5.74) is -0.301. The van der Waals surface area contributed by atoms with Crippen LogP contribution >= 0.6 is 0 Å². The van der Waals surface area contributed by atoms with Crippen LogP contribution in [0.1, 0.15) is 33.6 Å². The van der Waals surface area contributed by atoms with Crippen LogP contribution in [-0.2, 0) is 23.9 Å². The summed E-state index contributed by atoms with van der Waals surface area (Å²) in [7, 11) is 0. The maximum atomic E-state index is 12.6. The zero-order chi connectivity index (χ0) is 19.8. The maximum absolute atomic E-state index is 12.6. The number of hydrogen-bond donors (Lipinski definition) is 4. The van der Waals surface area contributed by atoms with Crippen molar-refractivity contribution in [3.63, 3.8) is 0 Å². The predicted molar refractivity (Wildman–Crippen MR) is 84.4 cm³/mol. The van der Waals surface area contributed by atoms with E-state index >= 15 is 0 Å². The minimum Gasteiger partial charge on any atom is -0.478 e. The molecule has 0 spiro atoms. The Bertz CT molecular complexity index is 719. The number of carbonyl (C=O) groups is 4. The molecule has 1 atom stereocenters. The van der Waals surface area contributed by atoms with Gasteiger partial charge in [0.1, 0.15) is 5.60 Å². The number of nitrogens with zero attached hydrogens (tertiary/aromatic N) is 2. The van der Waals surface area contributed by atoms with Crippen LogP contribution in [0.5, 0.6) is 0 Å². The monoisotopic (exact) mass is 368 g/mol. The molecular formula is C15H20N4O7. The molecule has 0 radical (unpaired) electrons. The number of nitrogens with two attached hydrogens (primary N) is 1. The number of aliphatic carboxylic acids is 1. The lowest BCUT2D eigenvalue weighted by atomic mass is 10.0. The Morgan fingerprint density at radius 2 is 1.81 bits per heavy atom. The number of hydrogen-bond acceptors (Lipinski definition) is 9. The van der Waals surface area contributed by atoms with Crippen LogP contribution in [0.15, 0.2) is 23.0 Å². The lowest BCUT2D eigenvalue weighted by molar-refractivity contribution is -0.165. The number of likely N-dealkylation sites (tertiary alicyclic amines) is 1. The van der Waals surface area contributed by atoms with Crippen LogP contribution in [0.25, 0.3) is 0 Å². The van der Waals surface area contributed by atoms with Gasteiger partial charge in [-0.2, -0.15) is 0 Å². The molecule has 11 nitrogen and oxygen atoms in total. The van der Waals surface area contributed by atoms with E-state index in [9.17, 15) is 29.5 Å². The number of carboxylic acid groups (broad SMARTS) is 1. The Morgan fingerprint density at radius 3 is 2.23 bits per heavy atom. The molecule has 2 heterocycles. The molecule has 0 saturated carbocycles. The third-order valence-electron chi connectivity index (χ3n) is 3.59. The average Bonchev–Trinajstić information content (AvgIpc) is 2.83. The number of allylic oxidation sites excluding steroid dienone is 1. The summed E-state index contributed by atoms with van der Waals surface area (Å²) >= 11 is 0. The highest BCUT2D eigenvalue weighted by Crippen LogP contribution is 2.31. The van der Waals surface area contributed by atoms with E-state index in [1.54, 1.807) is 20.8 Å². The molecule has 0 aromatic carbocycles. The van der Waals surface area contributed by atoms with E-state index < -0.39 is 46.8 Å². The summed E-state index contributed by atoms with van der Waals surface area (Å²) in [6, 6.07) is 0. The lowest BCUT2D eigenvalue weighted by Gasteiger charge is -2.35. The molecule has 1 saturated heterocycles. The molecule has 1 fully saturated rings. The highest BCUT2D eigenvalue weighted by atomic mass is 16.6. The Kier molecular flexibility index (Phi) is 5.16. The molecule has 142 valence electrons. The minimum atomic E-state index is -1.49. The van der Waals surface area contributed by atoms with Crippen molar-refractivity contribution in [3.05, 3.63) is 23.0 Å². The van der Waals surface area contributed by atoms with E-state index in [4.69, 9.17) is 10.6 Å². The van der Waals surface area contributed by atoms with Crippen molar-refractivity contribution in [3.8, 4) is 0 Å². The fourth-order valence-corrected chi connectivity index (χ4v) is 2.55. The number of carbonyl (C=O) groups excluding carboxylic acids is 3. The lowest BCUT2D eigenvalue weighted by Crippen LogP contribution is -2.54. The molecule has 2 aliphatic heterocycles. The van der Waals surface area contributed by atoms with Gasteiger partial charge in [-0.1, -0.05) is 0 Å². The molecule has 26 heavy (non-hydrogen) atoms. The Morgan fingerprint density at radius 1 is 1.27 bits per heavy atom. The van der Waals surface area contributed by atoms with Gasteiger partial charge in [0.15, 0.2) is 11.9 Å². The molecule has 5 N–H and O–H groups in total. The normalized spacial score (nSPS) is 21.3. The van der Waals surface area contributed by atoms with Gasteiger partial charge in [-0.3, -0.25) is 20.6 Å². The number of carboxylic acids is 1. The molecule has 11 heteroatoms. The van der Waals surface area contributed by atoms with Crippen LogP contribution in [0, 0.1) is 0 Å². The molecule has 0 aliphatic carbocycles. The average molecular weight is 368 g/mol. The van der Waals surface area contributed by atoms with Crippen molar-refractivity contribution < 1.29 is 34.2 Å². The van der Waals surface area contributed by atoms with Crippen molar-refractivity contribution in [2.75, 3.05) is 0 Å².